The van der Waals surface area contributed by atoms with Gasteiger partial charge in [-0.2, -0.15) is 0 Å². The minimum absolute atomic E-state index is 0.156. The summed E-state index contributed by atoms with van der Waals surface area (Å²) < 4.78 is 0. The lowest BCUT2D eigenvalue weighted by molar-refractivity contribution is -0.114. The highest BCUT2D eigenvalue weighted by Gasteiger charge is 2.05. The number of hydrogen-bond acceptors (Lipinski definition) is 4. The number of nitrogens with one attached hydrogen (secondary N) is 2. The summed E-state index contributed by atoms with van der Waals surface area (Å²) in [6.45, 7) is 1.36. The zero-order valence-corrected chi connectivity index (χ0v) is 9.10. The maximum atomic E-state index is 10.9. The van der Waals surface area contributed by atoms with Gasteiger partial charge in [0.25, 0.3) is 0 Å². The molecule has 0 saturated carbocycles. The van der Waals surface area contributed by atoms with Gasteiger partial charge in [0.15, 0.2) is 0 Å². The first-order valence-corrected chi connectivity index (χ1v) is 5.03. The third-order valence-electron chi connectivity index (χ3n) is 1.98. The number of carbonyl (C=O) groups is 1. The average molecular weight is 224 g/mol. The van der Waals surface area contributed by atoms with Crippen LogP contribution in [0.5, 0.6) is 0 Å². The van der Waals surface area contributed by atoms with Crippen molar-refractivity contribution in [3.8, 4) is 0 Å². The molecule has 5 heteroatoms. The Labute approximate surface area is 94.1 Å². The number of benzene rings is 1. The number of carbonyl (C=O) groups excluding carboxylic acids is 1. The second-order valence-corrected chi connectivity index (χ2v) is 3.44. The van der Waals surface area contributed by atoms with Crippen molar-refractivity contribution in [2.24, 2.45) is 0 Å². The molecule has 0 radical (unpaired) electrons. The van der Waals surface area contributed by atoms with Crippen LogP contribution >= 0.6 is 0 Å². The van der Waals surface area contributed by atoms with E-state index in [1.54, 1.807) is 18.2 Å². The summed E-state index contributed by atoms with van der Waals surface area (Å²) in [5, 5.41) is 23.5. The Morgan fingerprint density at radius 3 is 2.56 bits per heavy atom. The van der Waals surface area contributed by atoms with Gasteiger partial charge in [-0.15, -0.1) is 0 Å². The molecule has 1 aromatic carbocycles. The van der Waals surface area contributed by atoms with Gasteiger partial charge in [-0.05, 0) is 12.1 Å². The molecule has 0 aliphatic rings. The normalized spacial score (nSPS) is 11.9. The zero-order valence-electron chi connectivity index (χ0n) is 9.10. The van der Waals surface area contributed by atoms with Crippen LogP contribution in [0.15, 0.2) is 24.3 Å². The Balaban J connectivity index is 2.67. The van der Waals surface area contributed by atoms with E-state index in [2.05, 4.69) is 10.6 Å². The summed E-state index contributed by atoms with van der Waals surface area (Å²) >= 11 is 0. The molecule has 1 atom stereocenters. The smallest absolute Gasteiger partial charge is 0.221 e. The minimum atomic E-state index is -0.814. The maximum Gasteiger partial charge on any atom is 0.221 e. The van der Waals surface area contributed by atoms with Crippen LogP contribution in [0.1, 0.15) is 6.92 Å². The number of rotatable bonds is 5. The fraction of sp³-hybridized carbons (Fsp3) is 0.364. The van der Waals surface area contributed by atoms with Gasteiger partial charge in [0.2, 0.25) is 5.91 Å². The Morgan fingerprint density at radius 1 is 1.38 bits per heavy atom. The van der Waals surface area contributed by atoms with E-state index < -0.39 is 6.10 Å². The van der Waals surface area contributed by atoms with Gasteiger partial charge in [-0.25, -0.2) is 0 Å². The zero-order chi connectivity index (χ0) is 12.0. The standard InChI is InChI=1S/C11H16N2O3/c1-8(15)13-11-5-3-2-4-10(11)12-6-9(16)7-14/h2-5,9,12,14,16H,6-7H2,1H3,(H,13,15). The van der Waals surface area contributed by atoms with Crippen LogP contribution in [-0.2, 0) is 4.79 Å². The summed E-state index contributed by atoms with van der Waals surface area (Å²) in [5.74, 6) is -0.156. The van der Waals surface area contributed by atoms with Crippen molar-refractivity contribution in [3.05, 3.63) is 24.3 Å². The highest BCUT2D eigenvalue weighted by molar-refractivity contribution is 5.92. The van der Waals surface area contributed by atoms with Gasteiger partial charge in [0, 0.05) is 13.5 Å². The number of amides is 1. The van der Waals surface area contributed by atoms with Crippen molar-refractivity contribution >= 4 is 17.3 Å². The van der Waals surface area contributed by atoms with Gasteiger partial charge < -0.3 is 20.8 Å². The number of aliphatic hydroxyl groups excluding tert-OH is 2. The molecule has 5 nitrogen and oxygen atoms in total. The molecule has 0 saturated heterocycles. The van der Waals surface area contributed by atoms with E-state index in [1.165, 1.54) is 6.92 Å². The lowest BCUT2D eigenvalue weighted by Crippen LogP contribution is -2.23. The largest absolute Gasteiger partial charge is 0.394 e. The molecule has 4 N–H and O–H groups in total. The molecule has 0 aliphatic carbocycles. The van der Waals surface area contributed by atoms with Gasteiger partial charge in [0.1, 0.15) is 0 Å². The molecule has 0 spiro atoms. The lowest BCUT2D eigenvalue weighted by Gasteiger charge is -2.14. The quantitative estimate of drug-likeness (QED) is 0.584. The van der Waals surface area contributed by atoms with Gasteiger partial charge in [-0.1, -0.05) is 12.1 Å². The molecule has 0 fully saturated rings. The molecule has 0 heterocycles. The Hall–Kier alpha value is -1.59. The summed E-state index contributed by atoms with van der Waals surface area (Å²) in [4.78, 5) is 10.9. The maximum absolute atomic E-state index is 10.9. The van der Waals surface area contributed by atoms with Crippen molar-refractivity contribution < 1.29 is 15.0 Å². The van der Waals surface area contributed by atoms with Gasteiger partial charge >= 0.3 is 0 Å². The minimum Gasteiger partial charge on any atom is -0.394 e. The monoisotopic (exact) mass is 224 g/mol. The molecule has 1 rings (SSSR count). The lowest BCUT2D eigenvalue weighted by atomic mass is 10.2. The van der Waals surface area contributed by atoms with Crippen molar-refractivity contribution in [1.82, 2.24) is 0 Å². The second-order valence-electron chi connectivity index (χ2n) is 3.44. The summed E-state index contributed by atoms with van der Waals surface area (Å²) in [6.07, 6.45) is -0.814. The van der Waals surface area contributed by atoms with E-state index in [9.17, 15) is 9.90 Å². The first kappa shape index (κ1) is 12.5. The molecule has 1 unspecified atom stereocenters. The van der Waals surface area contributed by atoms with Crippen LogP contribution in [0.3, 0.4) is 0 Å². The first-order valence-electron chi connectivity index (χ1n) is 5.03. The summed E-state index contributed by atoms with van der Waals surface area (Å²) in [5.41, 5.74) is 1.37. The van der Waals surface area contributed by atoms with Crippen molar-refractivity contribution in [2.75, 3.05) is 23.8 Å². The molecule has 0 bridgehead atoms. The van der Waals surface area contributed by atoms with E-state index in [-0.39, 0.29) is 19.1 Å². The predicted octanol–water partition coefficient (Wildman–Crippen LogP) is 0.410. The molecular weight excluding hydrogens is 208 g/mol. The van der Waals surface area contributed by atoms with Crippen LogP contribution in [0.4, 0.5) is 11.4 Å². The van der Waals surface area contributed by atoms with E-state index in [0.717, 1.165) is 0 Å². The van der Waals surface area contributed by atoms with E-state index in [0.29, 0.717) is 11.4 Å². The average Bonchev–Trinajstić information content (AvgIpc) is 2.26. The predicted molar refractivity (Wildman–Crippen MR) is 62.3 cm³/mol. The van der Waals surface area contributed by atoms with Crippen molar-refractivity contribution in [2.45, 2.75) is 13.0 Å². The van der Waals surface area contributed by atoms with Crippen LogP contribution in [0.2, 0.25) is 0 Å². The molecule has 1 amide bonds. The highest BCUT2D eigenvalue weighted by atomic mass is 16.3. The number of hydrogen-bond donors (Lipinski definition) is 4. The fourth-order valence-electron chi connectivity index (χ4n) is 1.23. The third kappa shape index (κ3) is 3.88. The van der Waals surface area contributed by atoms with Crippen molar-refractivity contribution in [1.29, 1.82) is 0 Å². The topological polar surface area (TPSA) is 81.6 Å². The van der Waals surface area contributed by atoms with Crippen LogP contribution in [-0.4, -0.2) is 35.4 Å². The first-order chi connectivity index (χ1) is 7.63. The number of aliphatic hydroxyl groups is 2. The van der Waals surface area contributed by atoms with Gasteiger partial charge in [0.05, 0.1) is 24.1 Å². The Morgan fingerprint density at radius 2 is 2.00 bits per heavy atom. The van der Waals surface area contributed by atoms with Crippen LogP contribution < -0.4 is 10.6 Å². The Kier molecular flexibility index (Phi) is 4.75. The van der Waals surface area contributed by atoms with Gasteiger partial charge in [-0.3, -0.25) is 4.79 Å². The summed E-state index contributed by atoms with van der Waals surface area (Å²) in [7, 11) is 0. The van der Waals surface area contributed by atoms with E-state index in [4.69, 9.17) is 5.11 Å². The fourth-order valence-corrected chi connectivity index (χ4v) is 1.23. The number of anilines is 2. The molecule has 0 aromatic heterocycles. The third-order valence-corrected chi connectivity index (χ3v) is 1.98. The van der Waals surface area contributed by atoms with E-state index in [1.807, 2.05) is 6.07 Å². The van der Waals surface area contributed by atoms with Crippen LogP contribution in [0.25, 0.3) is 0 Å². The SMILES string of the molecule is CC(=O)Nc1ccccc1NCC(O)CO. The molecule has 0 aliphatic heterocycles. The molecule has 88 valence electrons. The number of para-hydroxylation sites is 2. The molecular formula is C11H16N2O3. The van der Waals surface area contributed by atoms with Crippen molar-refractivity contribution in [3.63, 3.8) is 0 Å². The highest BCUT2D eigenvalue weighted by Crippen LogP contribution is 2.20. The Bertz CT molecular complexity index is 355. The van der Waals surface area contributed by atoms with Crippen LogP contribution in [0, 0.1) is 0 Å². The molecule has 1 aromatic rings. The molecule has 16 heavy (non-hydrogen) atoms. The second kappa shape index (κ2) is 6.09. The van der Waals surface area contributed by atoms with E-state index >= 15 is 0 Å². The summed E-state index contributed by atoms with van der Waals surface area (Å²) in [6, 6.07) is 7.17.